The molecule has 0 spiro atoms. The normalized spacial score (nSPS) is 16.3. The molecule has 0 amide bonds. The maximum Gasteiger partial charge on any atom is 0.187 e. The van der Waals surface area contributed by atoms with E-state index in [2.05, 4.69) is 16.8 Å². The van der Waals surface area contributed by atoms with E-state index in [1.807, 2.05) is 43.4 Å². The van der Waals surface area contributed by atoms with Crippen molar-refractivity contribution >= 4 is 33.9 Å². The molecule has 2 N–H and O–H groups in total. The van der Waals surface area contributed by atoms with Crippen molar-refractivity contribution in [2.45, 2.75) is 12.5 Å². The minimum atomic E-state index is -0.0745. The molecule has 3 aromatic rings. The molecule has 0 bridgehead atoms. The lowest BCUT2D eigenvalue weighted by Gasteiger charge is -2.21. The lowest BCUT2D eigenvalue weighted by Crippen LogP contribution is -2.31. The number of nitrogens with zero attached hydrogens (tertiary/aromatic N) is 3. The van der Waals surface area contributed by atoms with Gasteiger partial charge in [-0.2, -0.15) is 5.10 Å². The molecule has 144 valence electrons. The van der Waals surface area contributed by atoms with Gasteiger partial charge >= 0.3 is 0 Å². The average Bonchev–Trinajstić information content (AvgIpc) is 3.29. The molecule has 1 aromatic heterocycles. The number of aromatic nitrogens is 1. The Bertz CT molecular complexity index is 1090. The maximum atomic E-state index is 6.02. The Morgan fingerprint density at radius 2 is 1.89 bits per heavy atom. The van der Waals surface area contributed by atoms with Gasteiger partial charge in [0, 0.05) is 41.7 Å². The highest BCUT2D eigenvalue weighted by molar-refractivity contribution is 7.80. The molecular weight excluding hydrogens is 372 g/mol. The van der Waals surface area contributed by atoms with Crippen molar-refractivity contribution < 1.29 is 9.47 Å². The molecule has 0 radical (unpaired) electrons. The van der Waals surface area contributed by atoms with E-state index in [1.165, 1.54) is 0 Å². The maximum absolute atomic E-state index is 6.02. The van der Waals surface area contributed by atoms with E-state index in [9.17, 15) is 0 Å². The van der Waals surface area contributed by atoms with Crippen molar-refractivity contribution in [2.24, 2.45) is 17.9 Å². The Kier molecular flexibility index (Phi) is 4.68. The van der Waals surface area contributed by atoms with E-state index in [1.54, 1.807) is 19.2 Å². The predicted molar refractivity (Wildman–Crippen MR) is 115 cm³/mol. The Hall–Kier alpha value is -3.06. The highest BCUT2D eigenvalue weighted by Gasteiger charge is 2.32. The van der Waals surface area contributed by atoms with Crippen LogP contribution in [0.4, 0.5) is 0 Å². The van der Waals surface area contributed by atoms with Crippen molar-refractivity contribution in [3.63, 3.8) is 0 Å². The summed E-state index contributed by atoms with van der Waals surface area (Å²) in [6.45, 7) is 0. The van der Waals surface area contributed by atoms with E-state index in [4.69, 9.17) is 32.5 Å². The summed E-state index contributed by atoms with van der Waals surface area (Å²) in [5.41, 5.74) is 10.2. The van der Waals surface area contributed by atoms with Gasteiger partial charge in [0.25, 0.3) is 0 Å². The molecule has 0 saturated carbocycles. The second-order valence-corrected chi connectivity index (χ2v) is 7.18. The van der Waals surface area contributed by atoms with Crippen LogP contribution < -0.4 is 15.2 Å². The van der Waals surface area contributed by atoms with E-state index in [-0.39, 0.29) is 11.2 Å². The predicted octanol–water partition coefficient (Wildman–Crippen LogP) is 3.59. The summed E-state index contributed by atoms with van der Waals surface area (Å²) in [7, 11) is 5.36. The summed E-state index contributed by atoms with van der Waals surface area (Å²) in [4.78, 5) is 0. The van der Waals surface area contributed by atoms with Crippen molar-refractivity contribution in [1.29, 1.82) is 0 Å². The quantitative estimate of drug-likeness (QED) is 0.685. The van der Waals surface area contributed by atoms with Crippen LogP contribution in [0.2, 0.25) is 0 Å². The Morgan fingerprint density at radius 1 is 1.14 bits per heavy atom. The number of hydrogen-bond acceptors (Lipinski definition) is 4. The van der Waals surface area contributed by atoms with Gasteiger partial charge in [0.05, 0.1) is 26.0 Å². The molecule has 0 saturated heterocycles. The minimum Gasteiger partial charge on any atom is -0.497 e. The van der Waals surface area contributed by atoms with Crippen LogP contribution in [0.3, 0.4) is 0 Å². The number of hydrazone groups is 1. The van der Waals surface area contributed by atoms with Crippen molar-refractivity contribution in [1.82, 2.24) is 9.58 Å². The highest BCUT2D eigenvalue weighted by atomic mass is 32.1. The molecule has 7 heteroatoms. The fourth-order valence-corrected chi connectivity index (χ4v) is 3.90. The number of benzene rings is 2. The van der Waals surface area contributed by atoms with Crippen molar-refractivity contribution in [2.75, 3.05) is 14.2 Å². The highest BCUT2D eigenvalue weighted by Crippen LogP contribution is 2.38. The van der Waals surface area contributed by atoms with Crippen molar-refractivity contribution in [3.8, 4) is 11.5 Å². The van der Waals surface area contributed by atoms with Crippen LogP contribution in [0.1, 0.15) is 23.6 Å². The standard InChI is InChI=1S/C21H22N4O2S/c1-24-12-17(16-10-15(27-3)7-8-19(16)24)20-11-18(23-25(20)21(22)28)13-5-4-6-14(9-13)26-2/h4-10,12,20H,11H2,1-3H3,(H2,22,28). The number of rotatable bonds is 4. The smallest absolute Gasteiger partial charge is 0.187 e. The lowest BCUT2D eigenvalue weighted by molar-refractivity contribution is 0.374. The topological polar surface area (TPSA) is 65.0 Å². The fourth-order valence-electron chi connectivity index (χ4n) is 3.73. The van der Waals surface area contributed by atoms with Gasteiger partial charge in [-0.05, 0) is 42.5 Å². The van der Waals surface area contributed by atoms with Crippen LogP contribution in [0.25, 0.3) is 10.9 Å². The first-order chi connectivity index (χ1) is 13.5. The average molecular weight is 395 g/mol. The third-order valence-corrected chi connectivity index (χ3v) is 5.31. The largest absolute Gasteiger partial charge is 0.497 e. The summed E-state index contributed by atoms with van der Waals surface area (Å²) >= 11 is 5.30. The molecule has 1 atom stereocenters. The zero-order chi connectivity index (χ0) is 19.8. The van der Waals surface area contributed by atoms with Crippen LogP contribution in [0, 0.1) is 0 Å². The number of methoxy groups -OCH3 is 2. The Labute approximate surface area is 169 Å². The van der Waals surface area contributed by atoms with Gasteiger partial charge in [-0.25, -0.2) is 5.01 Å². The van der Waals surface area contributed by atoms with Gasteiger partial charge in [0.2, 0.25) is 0 Å². The van der Waals surface area contributed by atoms with Crippen LogP contribution in [0.5, 0.6) is 11.5 Å². The molecule has 2 heterocycles. The van der Waals surface area contributed by atoms with E-state index < -0.39 is 0 Å². The number of aryl methyl sites for hydroxylation is 1. The first-order valence-electron chi connectivity index (χ1n) is 8.95. The molecule has 0 fully saturated rings. The molecule has 2 aromatic carbocycles. The molecule has 1 unspecified atom stereocenters. The number of hydrogen-bond donors (Lipinski definition) is 1. The molecule has 1 aliphatic rings. The number of thiocarbonyl (C=S) groups is 1. The summed E-state index contributed by atoms with van der Waals surface area (Å²) in [6, 6.07) is 13.9. The van der Waals surface area contributed by atoms with Gasteiger partial charge in [0.1, 0.15) is 11.5 Å². The Balaban J connectivity index is 1.78. The number of fused-ring (bicyclic) bond motifs is 1. The summed E-state index contributed by atoms with van der Waals surface area (Å²) in [5.74, 6) is 1.61. The van der Waals surface area contributed by atoms with Crippen molar-refractivity contribution in [3.05, 3.63) is 59.8 Å². The second kappa shape index (κ2) is 7.16. The third kappa shape index (κ3) is 3.07. The fraction of sp³-hybridized carbons (Fsp3) is 0.238. The van der Waals surface area contributed by atoms with Gasteiger partial charge in [0.15, 0.2) is 5.11 Å². The first kappa shape index (κ1) is 18.3. The number of nitrogens with two attached hydrogens (primary N) is 1. The molecule has 6 nitrogen and oxygen atoms in total. The summed E-state index contributed by atoms with van der Waals surface area (Å²) in [6.07, 6.45) is 2.81. The van der Waals surface area contributed by atoms with Gasteiger partial charge in [-0.1, -0.05) is 12.1 Å². The van der Waals surface area contributed by atoms with Gasteiger partial charge in [-0.15, -0.1) is 0 Å². The van der Waals surface area contributed by atoms with Crippen LogP contribution in [0.15, 0.2) is 53.8 Å². The lowest BCUT2D eigenvalue weighted by atomic mass is 9.98. The summed E-state index contributed by atoms with van der Waals surface area (Å²) < 4.78 is 12.9. The molecule has 4 rings (SSSR count). The minimum absolute atomic E-state index is 0.0745. The number of ether oxygens (including phenoxy) is 2. The molecular formula is C21H22N4O2S. The van der Waals surface area contributed by atoms with Crippen LogP contribution in [-0.4, -0.2) is 34.6 Å². The molecule has 0 aliphatic carbocycles. The monoisotopic (exact) mass is 394 g/mol. The van der Waals surface area contributed by atoms with Crippen LogP contribution in [-0.2, 0) is 7.05 Å². The Morgan fingerprint density at radius 3 is 2.61 bits per heavy atom. The zero-order valence-corrected chi connectivity index (χ0v) is 16.9. The van der Waals surface area contributed by atoms with E-state index >= 15 is 0 Å². The third-order valence-electron chi connectivity index (χ3n) is 5.13. The van der Waals surface area contributed by atoms with E-state index in [0.717, 1.165) is 39.2 Å². The molecule has 1 aliphatic heterocycles. The van der Waals surface area contributed by atoms with Gasteiger partial charge < -0.3 is 19.8 Å². The van der Waals surface area contributed by atoms with E-state index in [0.29, 0.717) is 6.42 Å². The first-order valence-corrected chi connectivity index (χ1v) is 9.36. The summed E-state index contributed by atoms with van der Waals surface area (Å²) in [5, 5.41) is 7.83. The van der Waals surface area contributed by atoms with Crippen LogP contribution >= 0.6 is 12.2 Å². The van der Waals surface area contributed by atoms with Gasteiger partial charge in [-0.3, -0.25) is 0 Å². The zero-order valence-electron chi connectivity index (χ0n) is 16.0. The molecule has 28 heavy (non-hydrogen) atoms. The second-order valence-electron chi connectivity index (χ2n) is 6.76. The SMILES string of the molecule is COc1cccc(C2=NN(C(N)=S)C(c3cn(C)c4ccc(OC)cc34)C2)c1.